The average Bonchev–Trinajstić information content (AvgIpc) is 2.81. The maximum Gasteiger partial charge on any atom is 0.109 e. The first-order valence-electron chi connectivity index (χ1n) is 7.48. The molecule has 2 aliphatic heterocycles. The van der Waals surface area contributed by atoms with Gasteiger partial charge in [0.05, 0.1) is 16.1 Å². The molecule has 2 heterocycles. The number of hydrogen-bond donors (Lipinski definition) is 0. The molecular weight excluding hydrogens is 293 g/mol. The van der Waals surface area contributed by atoms with Crippen molar-refractivity contribution in [3.63, 3.8) is 0 Å². The quantitative estimate of drug-likeness (QED) is 0.815. The van der Waals surface area contributed by atoms with Gasteiger partial charge in [-0.2, -0.15) is 0 Å². The third-order valence-corrected chi connectivity index (χ3v) is 5.57. The van der Waals surface area contributed by atoms with E-state index in [0.29, 0.717) is 22.2 Å². The van der Waals surface area contributed by atoms with Gasteiger partial charge in [0, 0.05) is 12.6 Å². The number of nitrogens with zero attached hydrogens (tertiary/aromatic N) is 1. The van der Waals surface area contributed by atoms with Gasteiger partial charge in [-0.15, -0.1) is 0 Å². The van der Waals surface area contributed by atoms with E-state index in [4.69, 9.17) is 27.9 Å². The van der Waals surface area contributed by atoms with Crippen molar-refractivity contribution in [2.45, 2.75) is 50.9 Å². The normalized spacial score (nSPS) is 33.6. The van der Waals surface area contributed by atoms with Crippen LogP contribution in [0.25, 0.3) is 0 Å². The zero-order valence-corrected chi connectivity index (χ0v) is 13.5. The Morgan fingerprint density at radius 2 is 2.10 bits per heavy atom. The fourth-order valence-electron chi connectivity index (χ4n) is 3.95. The fourth-order valence-corrected chi connectivity index (χ4v) is 4.25. The molecule has 0 aromatic heterocycles. The third-order valence-electron chi connectivity index (χ3n) is 4.83. The molecule has 2 fully saturated rings. The van der Waals surface area contributed by atoms with Crippen LogP contribution in [-0.2, 0) is 10.3 Å². The summed E-state index contributed by atoms with van der Waals surface area (Å²) >= 11 is 12.3. The number of likely N-dealkylation sites (N-methyl/N-ethyl adjacent to an activating group) is 1. The van der Waals surface area contributed by atoms with Gasteiger partial charge in [0.15, 0.2) is 0 Å². The summed E-state index contributed by atoms with van der Waals surface area (Å²) in [4.78, 5) is 2.56. The van der Waals surface area contributed by atoms with Crippen molar-refractivity contribution < 1.29 is 4.74 Å². The summed E-state index contributed by atoms with van der Waals surface area (Å²) in [5.41, 5.74) is 0.974. The summed E-state index contributed by atoms with van der Waals surface area (Å²) in [6.07, 6.45) is 3.64. The Hall–Kier alpha value is -0.280. The summed E-state index contributed by atoms with van der Waals surface area (Å²) in [5.74, 6) is 0. The Labute approximate surface area is 131 Å². The summed E-state index contributed by atoms with van der Waals surface area (Å²) in [6, 6.07) is 6.39. The highest BCUT2D eigenvalue weighted by atomic mass is 35.5. The van der Waals surface area contributed by atoms with E-state index in [1.54, 1.807) is 0 Å². The molecule has 2 saturated heterocycles. The monoisotopic (exact) mass is 313 g/mol. The standard InChI is InChI=1S/C16H21Cl2NO/c1-3-15-16(11-5-6-13(17)14(18)9-11)8-7-12(20-16)10-19(15)4-2/h5-6,9,12,15H,3-4,7-8,10H2,1-2H3. The van der Waals surface area contributed by atoms with Crippen LogP contribution in [0, 0.1) is 0 Å². The molecule has 3 unspecified atom stereocenters. The molecule has 1 aromatic rings. The van der Waals surface area contributed by atoms with Crippen LogP contribution in [0.1, 0.15) is 38.7 Å². The molecule has 20 heavy (non-hydrogen) atoms. The minimum absolute atomic E-state index is 0.206. The molecule has 0 radical (unpaired) electrons. The Kier molecular flexibility index (Phi) is 4.02. The first kappa shape index (κ1) is 14.6. The van der Waals surface area contributed by atoms with Crippen LogP contribution in [0.2, 0.25) is 10.0 Å². The second-order valence-corrected chi connectivity index (χ2v) is 6.62. The molecule has 0 aliphatic carbocycles. The summed E-state index contributed by atoms with van der Waals surface area (Å²) < 4.78 is 6.46. The van der Waals surface area contributed by atoms with Crippen LogP contribution in [0.4, 0.5) is 0 Å². The van der Waals surface area contributed by atoms with Crippen molar-refractivity contribution >= 4 is 23.2 Å². The van der Waals surface area contributed by atoms with Crippen LogP contribution in [0.5, 0.6) is 0 Å². The fraction of sp³-hybridized carbons (Fsp3) is 0.625. The molecular formula is C16H21Cl2NO. The summed E-state index contributed by atoms with van der Waals surface area (Å²) in [5, 5.41) is 1.23. The SMILES string of the molecule is CCC1N(CC)CC2CCC1(c1ccc(Cl)c(Cl)c1)O2. The van der Waals surface area contributed by atoms with Crippen molar-refractivity contribution in [2.24, 2.45) is 0 Å². The number of likely N-dealkylation sites (tertiary alicyclic amines) is 1. The van der Waals surface area contributed by atoms with E-state index in [1.165, 1.54) is 5.56 Å². The van der Waals surface area contributed by atoms with Gasteiger partial charge >= 0.3 is 0 Å². The molecule has 3 atom stereocenters. The zero-order valence-electron chi connectivity index (χ0n) is 12.0. The van der Waals surface area contributed by atoms with Gasteiger partial charge in [-0.3, -0.25) is 4.90 Å². The van der Waals surface area contributed by atoms with Crippen LogP contribution in [0.15, 0.2) is 18.2 Å². The van der Waals surface area contributed by atoms with Gasteiger partial charge < -0.3 is 4.74 Å². The number of halogens is 2. The second kappa shape index (κ2) is 5.49. The first-order valence-corrected chi connectivity index (χ1v) is 8.23. The maximum atomic E-state index is 6.46. The lowest BCUT2D eigenvalue weighted by Crippen LogP contribution is -2.56. The lowest BCUT2D eigenvalue weighted by atomic mass is 9.82. The Morgan fingerprint density at radius 1 is 1.30 bits per heavy atom. The van der Waals surface area contributed by atoms with Crippen molar-refractivity contribution in [3.05, 3.63) is 33.8 Å². The van der Waals surface area contributed by atoms with Gasteiger partial charge in [-0.25, -0.2) is 0 Å². The van der Waals surface area contributed by atoms with E-state index < -0.39 is 0 Å². The molecule has 0 amide bonds. The lowest BCUT2D eigenvalue weighted by molar-refractivity contribution is -0.152. The van der Waals surface area contributed by atoms with Gasteiger partial charge in [-0.05, 0) is 43.5 Å². The van der Waals surface area contributed by atoms with Gasteiger partial charge in [-0.1, -0.05) is 43.1 Å². The molecule has 0 saturated carbocycles. The first-order chi connectivity index (χ1) is 9.60. The van der Waals surface area contributed by atoms with Gasteiger partial charge in [0.1, 0.15) is 5.60 Å². The number of fused-ring (bicyclic) bond motifs is 2. The van der Waals surface area contributed by atoms with Gasteiger partial charge in [0.2, 0.25) is 0 Å². The minimum Gasteiger partial charge on any atom is -0.364 e. The number of rotatable bonds is 3. The predicted octanol–water partition coefficient (Wildman–Crippen LogP) is 4.48. The predicted molar refractivity (Wildman–Crippen MR) is 83.6 cm³/mol. The zero-order chi connectivity index (χ0) is 14.3. The molecule has 0 N–H and O–H groups in total. The van der Waals surface area contributed by atoms with Crippen LogP contribution in [-0.4, -0.2) is 30.1 Å². The topological polar surface area (TPSA) is 12.5 Å². The Bertz CT molecular complexity index is 507. The highest BCUT2D eigenvalue weighted by Crippen LogP contribution is 2.49. The number of benzene rings is 1. The third kappa shape index (κ3) is 2.18. The number of morpholine rings is 1. The summed E-state index contributed by atoms with van der Waals surface area (Å²) in [7, 11) is 0. The van der Waals surface area contributed by atoms with Crippen molar-refractivity contribution in [1.82, 2.24) is 4.90 Å². The highest BCUT2D eigenvalue weighted by Gasteiger charge is 2.53. The van der Waals surface area contributed by atoms with Crippen LogP contribution >= 0.6 is 23.2 Å². The van der Waals surface area contributed by atoms with Crippen LogP contribution in [0.3, 0.4) is 0 Å². The van der Waals surface area contributed by atoms with E-state index >= 15 is 0 Å². The Morgan fingerprint density at radius 3 is 2.75 bits per heavy atom. The molecule has 3 rings (SSSR count). The molecule has 1 aromatic carbocycles. The maximum absolute atomic E-state index is 6.46. The summed E-state index contributed by atoms with van der Waals surface area (Å²) in [6.45, 7) is 6.60. The lowest BCUT2D eigenvalue weighted by Gasteiger charge is -2.48. The van der Waals surface area contributed by atoms with Crippen molar-refractivity contribution in [2.75, 3.05) is 13.1 Å². The van der Waals surface area contributed by atoms with Crippen molar-refractivity contribution in [3.8, 4) is 0 Å². The van der Waals surface area contributed by atoms with E-state index in [-0.39, 0.29) is 5.60 Å². The van der Waals surface area contributed by atoms with E-state index in [0.717, 1.165) is 32.4 Å². The largest absolute Gasteiger partial charge is 0.364 e. The number of hydrogen-bond acceptors (Lipinski definition) is 2. The van der Waals surface area contributed by atoms with Crippen molar-refractivity contribution in [1.29, 1.82) is 0 Å². The Balaban J connectivity index is 2.05. The highest BCUT2D eigenvalue weighted by molar-refractivity contribution is 6.42. The van der Waals surface area contributed by atoms with Crippen LogP contribution < -0.4 is 0 Å². The number of ether oxygens (including phenoxy) is 1. The van der Waals surface area contributed by atoms with E-state index in [9.17, 15) is 0 Å². The molecule has 4 heteroatoms. The van der Waals surface area contributed by atoms with E-state index in [1.807, 2.05) is 12.1 Å². The second-order valence-electron chi connectivity index (χ2n) is 5.81. The molecule has 110 valence electrons. The minimum atomic E-state index is -0.206. The smallest absolute Gasteiger partial charge is 0.109 e. The molecule has 2 bridgehead atoms. The van der Waals surface area contributed by atoms with E-state index in [2.05, 4.69) is 24.8 Å². The van der Waals surface area contributed by atoms with Gasteiger partial charge in [0.25, 0.3) is 0 Å². The average molecular weight is 314 g/mol. The molecule has 0 spiro atoms. The molecule has 2 aliphatic rings. The molecule has 2 nitrogen and oxygen atoms in total.